The van der Waals surface area contributed by atoms with E-state index in [9.17, 15) is 19.2 Å². The highest BCUT2D eigenvalue weighted by Gasteiger charge is 2.30. The minimum absolute atomic E-state index is 0.00962. The normalized spacial score (nSPS) is 18.0. The molecule has 74 heavy (non-hydrogen) atoms. The zero-order chi connectivity index (χ0) is 53.7. The van der Waals surface area contributed by atoms with E-state index < -0.39 is 22.8 Å². The minimum atomic E-state index is -0.457. The van der Waals surface area contributed by atoms with Gasteiger partial charge in [0.25, 0.3) is 0 Å². The molecule has 12 heteroatoms. The number of rotatable bonds is 22. The molecule has 0 bridgehead atoms. The third-order valence-electron chi connectivity index (χ3n) is 14.6. The smallest absolute Gasteiger partial charge is 0.330 e. The van der Waals surface area contributed by atoms with Crippen molar-refractivity contribution in [2.24, 2.45) is 23.7 Å². The van der Waals surface area contributed by atoms with Crippen molar-refractivity contribution < 1.29 is 38.1 Å². The van der Waals surface area contributed by atoms with Gasteiger partial charge in [-0.25, -0.2) is 9.59 Å². The lowest BCUT2D eigenvalue weighted by Crippen LogP contribution is -2.27. The van der Waals surface area contributed by atoms with Crippen molar-refractivity contribution in [2.75, 3.05) is 36.1 Å². The highest BCUT2D eigenvalue weighted by Crippen LogP contribution is 2.36. The van der Waals surface area contributed by atoms with E-state index in [1.54, 1.807) is 60.7 Å². The van der Waals surface area contributed by atoms with Gasteiger partial charge in [-0.3, -0.25) is 9.59 Å². The summed E-state index contributed by atoms with van der Waals surface area (Å²) in [5.74, 6) is 1.40. The van der Waals surface area contributed by atoms with Crippen LogP contribution in [0.3, 0.4) is 0 Å². The Labute approximate surface area is 441 Å². The maximum absolute atomic E-state index is 12.6. The van der Waals surface area contributed by atoms with Gasteiger partial charge in [0, 0.05) is 45.7 Å². The van der Waals surface area contributed by atoms with Crippen LogP contribution < -0.4 is 32.4 Å². The van der Waals surface area contributed by atoms with Crippen LogP contribution in [0.25, 0.3) is 12.2 Å². The first-order valence-corrected chi connectivity index (χ1v) is 27.0. The van der Waals surface area contributed by atoms with Crippen LogP contribution in [0.15, 0.2) is 97.1 Å². The lowest BCUT2D eigenvalue weighted by Gasteiger charge is -2.27. The zero-order valence-electron chi connectivity index (χ0n) is 45.0. The van der Waals surface area contributed by atoms with Crippen molar-refractivity contribution in [3.63, 3.8) is 0 Å². The molecule has 2 aliphatic rings. The molecule has 12 nitrogen and oxygen atoms in total. The predicted octanol–water partition coefficient (Wildman–Crippen LogP) is 13.4. The fourth-order valence-electron chi connectivity index (χ4n) is 9.91. The summed E-state index contributed by atoms with van der Waals surface area (Å²) in [5, 5.41) is 0. The SMILES string of the molecule is CCCCCC1CCC(C(=O)Oc2ccc(/C=C/C(=O)OCC(C)(C)c3ccc(N)cc3N)cc2)CC1.CCCCCC1CCC(C(=O)Oc2ccc(/C=C/C(=O)OCC(C)(C)c3ccc(N)cc3N)cc2)CC1. The van der Waals surface area contributed by atoms with E-state index in [4.69, 9.17) is 41.9 Å². The van der Waals surface area contributed by atoms with Crippen molar-refractivity contribution in [1.29, 1.82) is 0 Å². The molecule has 4 aromatic carbocycles. The number of ether oxygens (including phenoxy) is 4. The van der Waals surface area contributed by atoms with Crippen molar-refractivity contribution in [2.45, 2.75) is 155 Å². The highest BCUT2D eigenvalue weighted by atomic mass is 16.5. The van der Waals surface area contributed by atoms with Gasteiger partial charge >= 0.3 is 23.9 Å². The molecule has 0 spiro atoms. The number of nitrogen functional groups attached to an aromatic ring is 4. The second kappa shape index (κ2) is 28.8. The monoisotopic (exact) mass is 1010 g/mol. The molecule has 400 valence electrons. The van der Waals surface area contributed by atoms with E-state index in [0.29, 0.717) is 34.2 Å². The van der Waals surface area contributed by atoms with Crippen LogP contribution in [0, 0.1) is 23.7 Å². The second-order valence-corrected chi connectivity index (χ2v) is 21.8. The average molecular weight is 1010 g/mol. The quantitative estimate of drug-likeness (QED) is 0.0191. The summed E-state index contributed by atoms with van der Waals surface area (Å²) in [6.07, 6.45) is 24.5. The molecule has 0 unspecified atom stereocenters. The Hall–Kier alpha value is -6.56. The molecule has 2 saturated carbocycles. The molecule has 0 radical (unpaired) electrons. The van der Waals surface area contributed by atoms with Crippen molar-refractivity contribution in [3.8, 4) is 11.5 Å². The number of hydrogen-bond donors (Lipinski definition) is 4. The first-order chi connectivity index (χ1) is 35.3. The van der Waals surface area contributed by atoms with Gasteiger partial charge in [-0.05, 0) is 146 Å². The summed E-state index contributed by atoms with van der Waals surface area (Å²) in [7, 11) is 0. The maximum Gasteiger partial charge on any atom is 0.330 e. The van der Waals surface area contributed by atoms with Crippen LogP contribution in [0.1, 0.15) is 167 Å². The number of nitrogens with two attached hydrogens (primary N) is 4. The molecule has 0 atom stereocenters. The van der Waals surface area contributed by atoms with Crippen molar-refractivity contribution in [3.05, 3.63) is 119 Å². The Kier molecular flexibility index (Phi) is 22.7. The number of benzene rings is 4. The van der Waals surface area contributed by atoms with Crippen LogP contribution in [0.2, 0.25) is 0 Å². The highest BCUT2D eigenvalue weighted by molar-refractivity contribution is 5.88. The first kappa shape index (κ1) is 58.3. The molecular weight excluding hydrogens is 929 g/mol. The van der Waals surface area contributed by atoms with Gasteiger partial charge in [0.2, 0.25) is 0 Å². The van der Waals surface area contributed by atoms with Crippen LogP contribution in [0.4, 0.5) is 22.7 Å². The molecule has 2 aliphatic carbocycles. The third-order valence-corrected chi connectivity index (χ3v) is 14.6. The maximum atomic E-state index is 12.6. The van der Waals surface area contributed by atoms with E-state index in [-0.39, 0.29) is 37.0 Å². The average Bonchev–Trinajstić information content (AvgIpc) is 3.37. The summed E-state index contributed by atoms with van der Waals surface area (Å²) in [6.45, 7) is 12.7. The third kappa shape index (κ3) is 19.0. The number of unbranched alkanes of at least 4 members (excludes halogenated alkanes) is 4. The lowest BCUT2D eigenvalue weighted by molar-refractivity contribution is -0.141. The van der Waals surface area contributed by atoms with E-state index in [1.165, 1.54) is 63.5 Å². The summed E-state index contributed by atoms with van der Waals surface area (Å²) >= 11 is 0. The summed E-state index contributed by atoms with van der Waals surface area (Å²) in [4.78, 5) is 49.8. The standard InChI is InChI=1S/2C31H42N2O4/c2*1-4-5-6-7-22-8-13-24(14-9-22)30(35)37-26-16-10-23(11-17-26)12-19-29(34)36-21-31(2,3)27-18-15-25(32)20-28(27)33/h2*10-12,15-20,22,24H,4-9,13-14,21,32-33H2,1-3H3/b2*19-12+. The molecule has 2 fully saturated rings. The Bertz CT molecular complexity index is 2310. The van der Waals surface area contributed by atoms with E-state index in [1.807, 2.05) is 64.1 Å². The van der Waals surface area contributed by atoms with Gasteiger partial charge < -0.3 is 41.9 Å². The van der Waals surface area contributed by atoms with E-state index in [0.717, 1.165) is 85.5 Å². The molecule has 6 rings (SSSR count). The molecule has 0 amide bonds. The molecule has 8 N–H and O–H groups in total. The fourth-order valence-corrected chi connectivity index (χ4v) is 9.91. The summed E-state index contributed by atoms with van der Waals surface area (Å²) in [5.41, 5.74) is 28.5. The molecule has 0 heterocycles. The van der Waals surface area contributed by atoms with Crippen molar-refractivity contribution in [1.82, 2.24) is 0 Å². The first-order valence-electron chi connectivity index (χ1n) is 27.0. The van der Waals surface area contributed by atoms with Gasteiger partial charge in [-0.1, -0.05) is 129 Å². The van der Waals surface area contributed by atoms with Gasteiger partial charge in [-0.2, -0.15) is 0 Å². The number of esters is 4. The number of carbonyl (C=O) groups is 4. The Morgan fingerprint density at radius 2 is 0.851 bits per heavy atom. The van der Waals surface area contributed by atoms with Gasteiger partial charge in [0.15, 0.2) is 0 Å². The molecule has 0 saturated heterocycles. The lowest BCUT2D eigenvalue weighted by atomic mass is 9.80. The number of carbonyl (C=O) groups excluding carboxylic acids is 4. The van der Waals surface area contributed by atoms with Crippen molar-refractivity contribution >= 4 is 58.8 Å². The number of hydrogen-bond acceptors (Lipinski definition) is 12. The Balaban J connectivity index is 0.000000274. The summed E-state index contributed by atoms with van der Waals surface area (Å²) in [6, 6.07) is 25.0. The largest absolute Gasteiger partial charge is 0.462 e. The zero-order valence-corrected chi connectivity index (χ0v) is 45.0. The molecule has 0 aliphatic heterocycles. The molecule has 0 aromatic heterocycles. The van der Waals surface area contributed by atoms with Gasteiger partial charge in [0.1, 0.15) is 24.7 Å². The molecule has 4 aromatic rings. The Morgan fingerprint density at radius 3 is 1.18 bits per heavy atom. The van der Waals surface area contributed by atoms with E-state index in [2.05, 4.69) is 13.8 Å². The minimum Gasteiger partial charge on any atom is -0.462 e. The van der Waals surface area contributed by atoms with E-state index >= 15 is 0 Å². The second-order valence-electron chi connectivity index (χ2n) is 21.8. The Morgan fingerprint density at radius 1 is 0.500 bits per heavy atom. The fraction of sp³-hybridized carbons (Fsp3) is 0.484. The predicted molar refractivity (Wildman–Crippen MR) is 300 cm³/mol. The van der Waals surface area contributed by atoms with Crippen LogP contribution in [-0.2, 0) is 39.5 Å². The number of anilines is 4. The van der Waals surface area contributed by atoms with Crippen LogP contribution in [0.5, 0.6) is 11.5 Å². The van der Waals surface area contributed by atoms with Gasteiger partial charge in [0.05, 0.1) is 11.8 Å². The summed E-state index contributed by atoms with van der Waals surface area (Å²) < 4.78 is 22.2. The molecular formula is C62H84N4O8. The van der Waals surface area contributed by atoms with Crippen LogP contribution in [-0.4, -0.2) is 37.1 Å². The van der Waals surface area contributed by atoms with Gasteiger partial charge in [-0.15, -0.1) is 0 Å². The van der Waals surface area contributed by atoms with Crippen LogP contribution >= 0.6 is 0 Å². The topological polar surface area (TPSA) is 209 Å².